The van der Waals surface area contributed by atoms with Crippen LogP contribution in [0, 0.1) is 0 Å². The topological polar surface area (TPSA) is 41.1 Å². The van der Waals surface area contributed by atoms with E-state index in [0.717, 1.165) is 24.0 Å². The minimum Gasteiger partial charge on any atom is -0.352 e. The van der Waals surface area contributed by atoms with Gasteiger partial charge < -0.3 is 5.32 Å². The molecule has 1 saturated carbocycles. The highest BCUT2D eigenvalue weighted by Gasteiger charge is 2.30. The molecule has 0 aliphatic heterocycles. The van der Waals surface area contributed by atoms with Gasteiger partial charge in [-0.15, -0.1) is 11.3 Å². The highest BCUT2D eigenvalue weighted by molar-refractivity contribution is 7.10. The smallest absolute Gasteiger partial charge is 0.241 e. The zero-order chi connectivity index (χ0) is 17.8. The molecule has 132 valence electrons. The SMILES string of the molecule is O=C(NC1CC1)[C@H](N[C@@H](c1ccccc1)c1cccs1)c1ccccc1. The molecule has 0 bridgehead atoms. The molecule has 1 amide bonds. The molecule has 2 aromatic carbocycles. The first-order valence-electron chi connectivity index (χ1n) is 9.01. The fourth-order valence-electron chi connectivity index (χ4n) is 3.09. The van der Waals surface area contributed by atoms with Gasteiger partial charge in [-0.25, -0.2) is 0 Å². The minimum atomic E-state index is -0.385. The van der Waals surface area contributed by atoms with Crippen LogP contribution in [-0.4, -0.2) is 11.9 Å². The molecule has 1 aliphatic rings. The molecule has 1 heterocycles. The van der Waals surface area contributed by atoms with Crippen LogP contribution < -0.4 is 10.6 Å². The molecule has 4 heteroatoms. The van der Waals surface area contributed by atoms with E-state index in [9.17, 15) is 4.79 Å². The van der Waals surface area contributed by atoms with Gasteiger partial charge in [-0.3, -0.25) is 10.1 Å². The average molecular weight is 362 g/mol. The Balaban J connectivity index is 1.66. The van der Waals surface area contributed by atoms with Crippen molar-refractivity contribution < 1.29 is 4.79 Å². The minimum absolute atomic E-state index is 0.0219. The summed E-state index contributed by atoms with van der Waals surface area (Å²) in [6, 6.07) is 24.4. The summed E-state index contributed by atoms with van der Waals surface area (Å²) in [5, 5.41) is 8.86. The molecule has 2 N–H and O–H groups in total. The predicted octanol–water partition coefficient (Wildman–Crippen LogP) is 4.45. The molecule has 26 heavy (non-hydrogen) atoms. The van der Waals surface area contributed by atoms with Crippen LogP contribution in [0.2, 0.25) is 0 Å². The van der Waals surface area contributed by atoms with Crippen LogP contribution >= 0.6 is 11.3 Å². The molecule has 1 aliphatic carbocycles. The van der Waals surface area contributed by atoms with Gasteiger partial charge in [0.1, 0.15) is 6.04 Å². The van der Waals surface area contributed by atoms with Gasteiger partial charge in [0.15, 0.2) is 0 Å². The second-order valence-electron chi connectivity index (χ2n) is 6.65. The van der Waals surface area contributed by atoms with E-state index < -0.39 is 0 Å². The lowest BCUT2D eigenvalue weighted by Crippen LogP contribution is -2.40. The summed E-state index contributed by atoms with van der Waals surface area (Å²) in [6.07, 6.45) is 2.17. The molecule has 0 spiro atoms. The Morgan fingerprint density at radius 1 is 0.885 bits per heavy atom. The summed E-state index contributed by atoms with van der Waals surface area (Å²) < 4.78 is 0. The quantitative estimate of drug-likeness (QED) is 0.652. The second-order valence-corrected chi connectivity index (χ2v) is 7.63. The van der Waals surface area contributed by atoms with Crippen LogP contribution in [-0.2, 0) is 4.79 Å². The maximum absolute atomic E-state index is 13.0. The number of rotatable bonds is 7. The normalized spacial score (nSPS) is 16.0. The summed E-state index contributed by atoms with van der Waals surface area (Å²) in [7, 11) is 0. The lowest BCUT2D eigenvalue weighted by Gasteiger charge is -2.25. The Morgan fingerprint density at radius 2 is 1.54 bits per heavy atom. The van der Waals surface area contributed by atoms with Gasteiger partial charge in [0.2, 0.25) is 5.91 Å². The van der Waals surface area contributed by atoms with Crippen molar-refractivity contribution in [3.8, 4) is 0 Å². The Hall–Kier alpha value is -2.43. The van der Waals surface area contributed by atoms with Gasteiger partial charge in [0.05, 0.1) is 6.04 Å². The molecular formula is C22H22N2OS. The van der Waals surface area contributed by atoms with Crippen LogP contribution in [0.1, 0.15) is 40.9 Å². The Bertz CT molecular complexity index is 829. The van der Waals surface area contributed by atoms with Crippen molar-refractivity contribution in [2.45, 2.75) is 31.0 Å². The molecule has 3 nitrogen and oxygen atoms in total. The summed E-state index contributed by atoms with van der Waals surface area (Å²) in [5.41, 5.74) is 2.15. The molecule has 1 aromatic heterocycles. The third-order valence-electron chi connectivity index (χ3n) is 4.61. The van der Waals surface area contributed by atoms with Crippen molar-refractivity contribution in [2.24, 2.45) is 0 Å². The molecule has 0 unspecified atom stereocenters. The van der Waals surface area contributed by atoms with Crippen molar-refractivity contribution in [3.63, 3.8) is 0 Å². The van der Waals surface area contributed by atoms with Crippen LogP contribution in [0.25, 0.3) is 0 Å². The van der Waals surface area contributed by atoms with E-state index in [1.54, 1.807) is 11.3 Å². The Morgan fingerprint density at radius 3 is 2.12 bits per heavy atom. The number of benzene rings is 2. The summed E-state index contributed by atoms with van der Waals surface area (Å²) >= 11 is 1.71. The Kier molecular flexibility index (Phi) is 5.14. The van der Waals surface area contributed by atoms with Crippen molar-refractivity contribution >= 4 is 17.2 Å². The summed E-state index contributed by atoms with van der Waals surface area (Å²) in [5.74, 6) is 0.0520. The number of amides is 1. The molecule has 3 aromatic rings. The maximum Gasteiger partial charge on any atom is 0.241 e. The number of hydrogen-bond acceptors (Lipinski definition) is 3. The first-order valence-corrected chi connectivity index (χ1v) is 9.89. The number of hydrogen-bond donors (Lipinski definition) is 2. The van der Waals surface area contributed by atoms with E-state index >= 15 is 0 Å². The number of carbonyl (C=O) groups excluding carboxylic acids is 1. The summed E-state index contributed by atoms with van der Waals surface area (Å²) in [4.78, 5) is 14.2. The van der Waals surface area contributed by atoms with Crippen molar-refractivity contribution in [1.82, 2.24) is 10.6 Å². The molecule has 4 rings (SSSR count). The van der Waals surface area contributed by atoms with E-state index in [1.807, 2.05) is 48.5 Å². The van der Waals surface area contributed by atoms with E-state index in [2.05, 4.69) is 40.3 Å². The molecule has 1 fully saturated rings. The first kappa shape index (κ1) is 17.0. The van der Waals surface area contributed by atoms with Crippen LogP contribution in [0.3, 0.4) is 0 Å². The van der Waals surface area contributed by atoms with Gasteiger partial charge in [0, 0.05) is 10.9 Å². The summed E-state index contributed by atoms with van der Waals surface area (Å²) in [6.45, 7) is 0. The van der Waals surface area contributed by atoms with Crippen LogP contribution in [0.4, 0.5) is 0 Å². The average Bonchev–Trinajstić information content (AvgIpc) is 3.33. The Labute approximate surface area is 158 Å². The van der Waals surface area contributed by atoms with Crippen molar-refractivity contribution in [1.29, 1.82) is 0 Å². The van der Waals surface area contributed by atoms with Crippen LogP contribution in [0.15, 0.2) is 78.2 Å². The zero-order valence-corrected chi connectivity index (χ0v) is 15.3. The zero-order valence-electron chi connectivity index (χ0n) is 14.5. The monoisotopic (exact) mass is 362 g/mol. The fraction of sp³-hybridized carbons (Fsp3) is 0.227. The second kappa shape index (κ2) is 7.85. The van der Waals surface area contributed by atoms with E-state index in [4.69, 9.17) is 0 Å². The number of nitrogens with one attached hydrogen (secondary N) is 2. The third kappa shape index (κ3) is 4.03. The highest BCUT2D eigenvalue weighted by Crippen LogP contribution is 2.30. The van der Waals surface area contributed by atoms with Gasteiger partial charge in [0.25, 0.3) is 0 Å². The number of thiophene rings is 1. The molecule has 2 atom stereocenters. The van der Waals surface area contributed by atoms with Crippen LogP contribution in [0.5, 0.6) is 0 Å². The standard InChI is InChI=1S/C22H22N2OS/c25-22(23-18-13-14-18)21(17-10-5-2-6-11-17)24-20(19-12-7-15-26-19)16-8-3-1-4-9-16/h1-12,15,18,20-21,24H,13-14H2,(H,23,25)/t20-,21+/m0/s1. The van der Waals surface area contributed by atoms with E-state index in [-0.39, 0.29) is 18.0 Å². The fourth-order valence-corrected chi connectivity index (χ4v) is 3.90. The molecular weight excluding hydrogens is 340 g/mol. The van der Waals surface area contributed by atoms with Gasteiger partial charge in [-0.05, 0) is 35.4 Å². The lowest BCUT2D eigenvalue weighted by atomic mass is 10.0. The maximum atomic E-state index is 13.0. The van der Waals surface area contributed by atoms with E-state index in [1.165, 1.54) is 4.88 Å². The van der Waals surface area contributed by atoms with Gasteiger partial charge >= 0.3 is 0 Å². The molecule has 0 saturated heterocycles. The van der Waals surface area contributed by atoms with Crippen molar-refractivity contribution in [2.75, 3.05) is 0 Å². The first-order chi connectivity index (χ1) is 12.8. The van der Waals surface area contributed by atoms with Gasteiger partial charge in [-0.1, -0.05) is 66.7 Å². The third-order valence-corrected chi connectivity index (χ3v) is 5.55. The number of carbonyl (C=O) groups is 1. The predicted molar refractivity (Wildman–Crippen MR) is 106 cm³/mol. The van der Waals surface area contributed by atoms with Gasteiger partial charge in [-0.2, -0.15) is 0 Å². The molecule has 0 radical (unpaired) electrons. The van der Waals surface area contributed by atoms with E-state index in [0.29, 0.717) is 6.04 Å². The van der Waals surface area contributed by atoms with Crippen molar-refractivity contribution in [3.05, 3.63) is 94.2 Å². The lowest BCUT2D eigenvalue weighted by molar-refractivity contribution is -0.123. The largest absolute Gasteiger partial charge is 0.352 e. The highest BCUT2D eigenvalue weighted by atomic mass is 32.1.